The van der Waals surface area contributed by atoms with Crippen LogP contribution in [0.4, 0.5) is 0 Å². The number of nitrogens with zero attached hydrogens (tertiary/aromatic N) is 1. The van der Waals surface area contributed by atoms with Gasteiger partial charge in [0.15, 0.2) is 0 Å². The summed E-state index contributed by atoms with van der Waals surface area (Å²) in [6.45, 7) is 5.84. The summed E-state index contributed by atoms with van der Waals surface area (Å²) in [6, 6.07) is 4.92. The molecule has 1 aliphatic rings. The molecule has 0 spiro atoms. The summed E-state index contributed by atoms with van der Waals surface area (Å²) in [4.78, 5) is 4.17. The van der Waals surface area contributed by atoms with Gasteiger partial charge in [0.2, 0.25) is 0 Å². The molecule has 106 valence electrons. The van der Waals surface area contributed by atoms with Crippen LogP contribution < -0.4 is 5.32 Å². The van der Waals surface area contributed by atoms with Crippen LogP contribution >= 0.6 is 0 Å². The Morgan fingerprint density at radius 3 is 2.89 bits per heavy atom. The van der Waals surface area contributed by atoms with Crippen molar-refractivity contribution in [2.75, 3.05) is 6.54 Å². The maximum atomic E-state index is 4.17. The van der Waals surface area contributed by atoms with Crippen LogP contribution in [-0.2, 0) is 6.42 Å². The normalized spacial score (nSPS) is 24.4. The quantitative estimate of drug-likeness (QED) is 0.814. The molecule has 0 radical (unpaired) electrons. The van der Waals surface area contributed by atoms with Gasteiger partial charge in [0.1, 0.15) is 0 Å². The van der Waals surface area contributed by atoms with Crippen LogP contribution in [-0.4, -0.2) is 17.6 Å². The van der Waals surface area contributed by atoms with Gasteiger partial charge in [-0.15, -0.1) is 0 Å². The van der Waals surface area contributed by atoms with Gasteiger partial charge in [-0.05, 0) is 55.7 Å². The standard InChI is InChI=1S/C17H28N2/c1-14(2)16-6-3-7-17(9-8-16)19-12-10-15-5-4-11-18-13-15/h4-5,11,13-14,16-17,19H,3,6-10,12H2,1-2H3. The highest BCUT2D eigenvalue weighted by Crippen LogP contribution is 2.28. The molecule has 0 amide bonds. The van der Waals surface area contributed by atoms with Gasteiger partial charge in [-0.1, -0.05) is 32.8 Å². The molecule has 2 rings (SSSR count). The van der Waals surface area contributed by atoms with Crippen LogP contribution in [0.3, 0.4) is 0 Å². The van der Waals surface area contributed by atoms with Crippen molar-refractivity contribution in [1.82, 2.24) is 10.3 Å². The molecule has 1 saturated carbocycles. The number of hydrogen-bond acceptors (Lipinski definition) is 2. The average Bonchev–Trinajstić information content (AvgIpc) is 2.66. The molecule has 1 N–H and O–H groups in total. The highest BCUT2D eigenvalue weighted by Gasteiger charge is 2.20. The van der Waals surface area contributed by atoms with Crippen molar-refractivity contribution in [2.24, 2.45) is 11.8 Å². The van der Waals surface area contributed by atoms with Crippen LogP contribution in [0.1, 0.15) is 51.5 Å². The Morgan fingerprint density at radius 1 is 1.26 bits per heavy atom. The smallest absolute Gasteiger partial charge is 0.0300 e. The minimum absolute atomic E-state index is 0.737. The molecule has 1 aromatic rings. The first-order valence-corrected chi connectivity index (χ1v) is 7.88. The lowest BCUT2D eigenvalue weighted by Crippen LogP contribution is -2.30. The fraction of sp³-hybridized carbons (Fsp3) is 0.706. The maximum absolute atomic E-state index is 4.17. The molecule has 2 atom stereocenters. The summed E-state index contributed by atoms with van der Waals surface area (Å²) in [7, 11) is 0. The van der Waals surface area contributed by atoms with Crippen molar-refractivity contribution in [3.8, 4) is 0 Å². The van der Waals surface area contributed by atoms with Crippen LogP contribution in [0.25, 0.3) is 0 Å². The van der Waals surface area contributed by atoms with Gasteiger partial charge in [0, 0.05) is 18.4 Å². The van der Waals surface area contributed by atoms with E-state index >= 15 is 0 Å². The molecule has 2 nitrogen and oxygen atoms in total. The van der Waals surface area contributed by atoms with E-state index in [0.717, 1.165) is 30.8 Å². The van der Waals surface area contributed by atoms with E-state index in [-0.39, 0.29) is 0 Å². The van der Waals surface area contributed by atoms with Gasteiger partial charge in [-0.3, -0.25) is 4.98 Å². The predicted molar refractivity (Wildman–Crippen MR) is 81.1 cm³/mol. The van der Waals surface area contributed by atoms with Gasteiger partial charge < -0.3 is 5.32 Å². The third-order valence-electron chi connectivity index (χ3n) is 4.53. The summed E-state index contributed by atoms with van der Waals surface area (Å²) < 4.78 is 0. The molecule has 0 bridgehead atoms. The monoisotopic (exact) mass is 260 g/mol. The zero-order chi connectivity index (χ0) is 13.5. The van der Waals surface area contributed by atoms with Gasteiger partial charge in [0.05, 0.1) is 0 Å². The lowest BCUT2D eigenvalue weighted by Gasteiger charge is -2.19. The van der Waals surface area contributed by atoms with Crippen LogP contribution in [0, 0.1) is 11.8 Å². The molecule has 1 aromatic heterocycles. The number of pyridine rings is 1. The largest absolute Gasteiger partial charge is 0.314 e. The molecule has 2 unspecified atom stereocenters. The van der Waals surface area contributed by atoms with E-state index in [4.69, 9.17) is 0 Å². The maximum Gasteiger partial charge on any atom is 0.0300 e. The first kappa shape index (κ1) is 14.5. The van der Waals surface area contributed by atoms with Crippen molar-refractivity contribution in [1.29, 1.82) is 0 Å². The second kappa shape index (κ2) is 7.64. The second-order valence-electron chi connectivity index (χ2n) is 6.27. The number of nitrogens with one attached hydrogen (secondary N) is 1. The number of rotatable bonds is 5. The minimum Gasteiger partial charge on any atom is -0.314 e. The summed E-state index contributed by atoms with van der Waals surface area (Å²) in [6.07, 6.45) is 11.9. The second-order valence-corrected chi connectivity index (χ2v) is 6.27. The molecule has 1 aliphatic carbocycles. The van der Waals surface area contributed by atoms with Crippen molar-refractivity contribution in [3.05, 3.63) is 30.1 Å². The summed E-state index contributed by atoms with van der Waals surface area (Å²) in [5, 5.41) is 3.74. The highest BCUT2D eigenvalue weighted by atomic mass is 14.9. The lowest BCUT2D eigenvalue weighted by molar-refractivity contribution is 0.338. The molecule has 2 heteroatoms. The Balaban J connectivity index is 1.69. The lowest BCUT2D eigenvalue weighted by atomic mass is 9.89. The van der Waals surface area contributed by atoms with Crippen molar-refractivity contribution in [2.45, 2.75) is 58.4 Å². The van der Waals surface area contributed by atoms with Crippen molar-refractivity contribution < 1.29 is 0 Å². The molecule has 0 aromatic carbocycles. The Hall–Kier alpha value is -0.890. The van der Waals surface area contributed by atoms with Gasteiger partial charge in [-0.25, -0.2) is 0 Å². The van der Waals surface area contributed by atoms with E-state index in [9.17, 15) is 0 Å². The highest BCUT2D eigenvalue weighted by molar-refractivity contribution is 5.08. The molecule has 1 fully saturated rings. The molecular formula is C17H28N2. The van der Waals surface area contributed by atoms with Crippen LogP contribution in [0.5, 0.6) is 0 Å². The molecule has 0 aliphatic heterocycles. The number of aromatic nitrogens is 1. The Bertz CT molecular complexity index is 348. The zero-order valence-corrected chi connectivity index (χ0v) is 12.4. The third kappa shape index (κ3) is 4.94. The SMILES string of the molecule is CC(C)C1CCCC(NCCc2cccnc2)CC1. The summed E-state index contributed by atoms with van der Waals surface area (Å²) in [5.74, 6) is 1.80. The molecule has 19 heavy (non-hydrogen) atoms. The van der Waals surface area contributed by atoms with E-state index in [1.807, 2.05) is 18.5 Å². The van der Waals surface area contributed by atoms with E-state index < -0.39 is 0 Å². The van der Waals surface area contributed by atoms with Gasteiger partial charge in [0.25, 0.3) is 0 Å². The Labute approximate surface area is 118 Å². The minimum atomic E-state index is 0.737. The van der Waals surface area contributed by atoms with Crippen LogP contribution in [0.15, 0.2) is 24.5 Å². The first-order chi connectivity index (χ1) is 9.25. The van der Waals surface area contributed by atoms with E-state index in [1.54, 1.807) is 0 Å². The predicted octanol–water partition coefficient (Wildman–Crippen LogP) is 3.82. The third-order valence-corrected chi connectivity index (χ3v) is 4.53. The molecular weight excluding hydrogens is 232 g/mol. The Kier molecular flexibility index (Phi) is 5.84. The van der Waals surface area contributed by atoms with Crippen molar-refractivity contribution >= 4 is 0 Å². The fourth-order valence-corrected chi connectivity index (χ4v) is 3.17. The first-order valence-electron chi connectivity index (χ1n) is 7.88. The van der Waals surface area contributed by atoms with Crippen LogP contribution in [0.2, 0.25) is 0 Å². The average molecular weight is 260 g/mol. The summed E-state index contributed by atoms with van der Waals surface area (Å²) in [5.41, 5.74) is 1.34. The molecule has 0 saturated heterocycles. The molecule has 1 heterocycles. The topological polar surface area (TPSA) is 24.9 Å². The summed E-state index contributed by atoms with van der Waals surface area (Å²) >= 11 is 0. The number of hydrogen-bond donors (Lipinski definition) is 1. The zero-order valence-electron chi connectivity index (χ0n) is 12.4. The van der Waals surface area contributed by atoms with Gasteiger partial charge >= 0.3 is 0 Å². The fourth-order valence-electron chi connectivity index (χ4n) is 3.17. The Morgan fingerprint density at radius 2 is 2.16 bits per heavy atom. The van der Waals surface area contributed by atoms with E-state index in [1.165, 1.54) is 37.7 Å². The van der Waals surface area contributed by atoms with E-state index in [0.29, 0.717) is 0 Å². The van der Waals surface area contributed by atoms with E-state index in [2.05, 4.69) is 30.2 Å². The van der Waals surface area contributed by atoms with Gasteiger partial charge in [-0.2, -0.15) is 0 Å². The van der Waals surface area contributed by atoms with Crippen molar-refractivity contribution in [3.63, 3.8) is 0 Å².